The van der Waals surface area contributed by atoms with Crippen LogP contribution in [0.4, 0.5) is 0 Å². The zero-order chi connectivity index (χ0) is 27.4. The van der Waals surface area contributed by atoms with Gasteiger partial charge in [0, 0.05) is 0 Å². The molecule has 6 nitrogen and oxygen atoms in total. The number of ether oxygens (including phenoxy) is 3. The minimum absolute atomic E-state index is 0.0433. The smallest absolute Gasteiger partial charge is 0.107 e. The number of aliphatic hydroxyl groups is 3. The van der Waals surface area contributed by atoms with Crippen molar-refractivity contribution in [1.29, 1.82) is 0 Å². The quantitative estimate of drug-likeness (QED) is 0.155. The van der Waals surface area contributed by atoms with Crippen LogP contribution in [-0.2, 0) is 14.2 Å². The molecule has 0 fully saturated rings. The van der Waals surface area contributed by atoms with E-state index >= 15 is 0 Å². The summed E-state index contributed by atoms with van der Waals surface area (Å²) in [5.74, 6) is 2.27. The Morgan fingerprint density at radius 3 is 1.89 bits per heavy atom. The maximum Gasteiger partial charge on any atom is 0.107 e. The zero-order valence-electron chi connectivity index (χ0n) is 22.6. The molecular weight excluding hydrogens is 456 g/mol. The second-order valence-corrected chi connectivity index (χ2v) is 8.23. The second-order valence-electron chi connectivity index (χ2n) is 8.23. The van der Waals surface area contributed by atoms with Gasteiger partial charge in [-0.05, 0) is 57.6 Å². The Labute approximate surface area is 219 Å². The highest BCUT2D eigenvalue weighted by Gasteiger charge is 2.03. The zero-order valence-corrected chi connectivity index (χ0v) is 22.6. The summed E-state index contributed by atoms with van der Waals surface area (Å²) >= 11 is 0. The molecular formula is C30H48O6. The van der Waals surface area contributed by atoms with Gasteiger partial charge in [0.1, 0.15) is 6.61 Å². The molecule has 0 spiro atoms. The van der Waals surface area contributed by atoms with Gasteiger partial charge >= 0.3 is 0 Å². The van der Waals surface area contributed by atoms with Crippen molar-refractivity contribution in [2.45, 2.75) is 46.5 Å². The Balaban J connectivity index is 0. The van der Waals surface area contributed by atoms with Crippen molar-refractivity contribution < 1.29 is 29.5 Å². The van der Waals surface area contributed by atoms with Gasteiger partial charge in [-0.25, -0.2) is 0 Å². The van der Waals surface area contributed by atoms with E-state index in [-0.39, 0.29) is 19.8 Å². The van der Waals surface area contributed by atoms with Gasteiger partial charge in [0.15, 0.2) is 0 Å². The summed E-state index contributed by atoms with van der Waals surface area (Å²) < 4.78 is 15.1. The first-order valence-electron chi connectivity index (χ1n) is 12.3. The summed E-state index contributed by atoms with van der Waals surface area (Å²) in [5.41, 5.74) is 6.53. The molecule has 0 aromatic carbocycles. The van der Waals surface area contributed by atoms with Crippen LogP contribution in [0, 0.1) is 12.3 Å². The number of hydrogen-bond donors (Lipinski definition) is 3. The van der Waals surface area contributed by atoms with E-state index in [9.17, 15) is 0 Å². The molecule has 0 heterocycles. The standard InChI is InChI=1S/2C10H16O2.C5H8O2.C5H8/c1-9-2-4-10(5-3-9)8-12-7-6-11;1-9-3-2-4-10(7-9)8-12-6-5-11;1-2-4-7-5-3-6;1-4-5(2)3/h2,5,11H,3-4,6-8H2,1H3;3-4,11H,2,5-8H2,1H3;1,6H,3-5H2;4H,1-2H2,3H3. The maximum atomic E-state index is 8.49. The molecule has 6 heteroatoms. The average Bonchev–Trinajstić information content (AvgIpc) is 2.87. The Hall–Kier alpha value is -2.24. The summed E-state index contributed by atoms with van der Waals surface area (Å²) in [6.45, 7) is 16.3. The molecule has 2 aliphatic rings. The number of allylic oxidation sites excluding steroid dienone is 8. The molecule has 0 radical (unpaired) electrons. The Morgan fingerprint density at radius 1 is 0.889 bits per heavy atom. The van der Waals surface area contributed by atoms with E-state index < -0.39 is 0 Å². The van der Waals surface area contributed by atoms with Gasteiger partial charge in [0.2, 0.25) is 0 Å². The maximum absolute atomic E-state index is 8.49. The van der Waals surface area contributed by atoms with Crippen LogP contribution in [0.3, 0.4) is 0 Å². The molecule has 0 saturated carbocycles. The van der Waals surface area contributed by atoms with Crippen LogP contribution in [0.25, 0.3) is 0 Å². The summed E-state index contributed by atoms with van der Waals surface area (Å²) in [4.78, 5) is 0. The fourth-order valence-corrected chi connectivity index (χ4v) is 2.67. The molecule has 36 heavy (non-hydrogen) atoms. The van der Waals surface area contributed by atoms with Crippen LogP contribution in [0.2, 0.25) is 0 Å². The van der Waals surface area contributed by atoms with E-state index in [1.165, 1.54) is 22.3 Å². The summed E-state index contributed by atoms with van der Waals surface area (Å²) in [7, 11) is 0. The van der Waals surface area contributed by atoms with Crippen molar-refractivity contribution in [1.82, 2.24) is 0 Å². The van der Waals surface area contributed by atoms with Crippen molar-refractivity contribution in [3.63, 3.8) is 0 Å². The van der Waals surface area contributed by atoms with Crippen LogP contribution in [-0.4, -0.2) is 74.8 Å². The monoisotopic (exact) mass is 504 g/mol. The van der Waals surface area contributed by atoms with Gasteiger partial charge in [-0.15, -0.1) is 6.42 Å². The molecule has 0 bridgehead atoms. The first-order chi connectivity index (χ1) is 17.3. The van der Waals surface area contributed by atoms with Crippen LogP contribution < -0.4 is 0 Å². The highest BCUT2D eigenvalue weighted by molar-refractivity contribution is 5.21. The van der Waals surface area contributed by atoms with E-state index in [0.29, 0.717) is 39.6 Å². The third-order valence-corrected chi connectivity index (χ3v) is 4.62. The van der Waals surface area contributed by atoms with E-state index in [1.54, 1.807) is 6.08 Å². The first kappa shape index (κ1) is 35.9. The fourth-order valence-electron chi connectivity index (χ4n) is 2.67. The second kappa shape index (κ2) is 27.3. The Morgan fingerprint density at radius 2 is 1.44 bits per heavy atom. The molecule has 2 rings (SSSR count). The van der Waals surface area contributed by atoms with E-state index in [4.69, 9.17) is 31.2 Å². The lowest BCUT2D eigenvalue weighted by molar-refractivity contribution is 0.107. The van der Waals surface area contributed by atoms with Crippen LogP contribution in [0.15, 0.2) is 71.4 Å². The summed E-state index contributed by atoms with van der Waals surface area (Å²) in [5, 5.41) is 25.1. The number of hydrogen-bond acceptors (Lipinski definition) is 6. The van der Waals surface area contributed by atoms with Crippen LogP contribution in [0.1, 0.15) is 46.5 Å². The lowest BCUT2D eigenvalue weighted by Crippen LogP contribution is -2.05. The molecule has 0 amide bonds. The first-order valence-corrected chi connectivity index (χ1v) is 12.3. The minimum atomic E-state index is 0.0433. The fraction of sp³-hybridized carbons (Fsp3) is 0.533. The van der Waals surface area contributed by atoms with E-state index in [1.807, 2.05) is 6.92 Å². The van der Waals surface area contributed by atoms with E-state index in [2.05, 4.69) is 62.0 Å². The third kappa shape index (κ3) is 26.4. The summed E-state index contributed by atoms with van der Waals surface area (Å²) in [6.07, 6.45) is 19.5. The van der Waals surface area contributed by atoms with Crippen molar-refractivity contribution in [3.8, 4) is 12.3 Å². The SMILES string of the molecule is C#CCOCCO.C=CC(=C)C.CC1=CCC(COCCO)=CC1.CC1=CCC=C(COCCO)C1. The van der Waals surface area contributed by atoms with Gasteiger partial charge in [-0.1, -0.05) is 66.2 Å². The van der Waals surface area contributed by atoms with Gasteiger partial charge in [-0.3, -0.25) is 0 Å². The van der Waals surface area contributed by atoms with Gasteiger partial charge in [-0.2, -0.15) is 0 Å². The Kier molecular flexibility index (Phi) is 27.3. The van der Waals surface area contributed by atoms with Crippen LogP contribution >= 0.6 is 0 Å². The van der Waals surface area contributed by atoms with Gasteiger partial charge in [0.25, 0.3) is 0 Å². The lowest BCUT2D eigenvalue weighted by atomic mass is 10.0. The predicted molar refractivity (Wildman–Crippen MR) is 150 cm³/mol. The number of rotatable bonds is 12. The van der Waals surface area contributed by atoms with E-state index in [0.717, 1.165) is 31.3 Å². The summed E-state index contributed by atoms with van der Waals surface area (Å²) in [6, 6.07) is 0. The average molecular weight is 505 g/mol. The third-order valence-electron chi connectivity index (χ3n) is 4.62. The highest BCUT2D eigenvalue weighted by atomic mass is 16.5. The predicted octanol–water partition coefficient (Wildman–Crippen LogP) is 4.70. The van der Waals surface area contributed by atoms with Gasteiger partial charge < -0.3 is 29.5 Å². The molecule has 0 aromatic heterocycles. The van der Waals surface area contributed by atoms with Crippen molar-refractivity contribution >= 4 is 0 Å². The normalized spacial score (nSPS) is 13.9. The molecule has 0 atom stereocenters. The molecule has 3 N–H and O–H groups in total. The lowest BCUT2D eigenvalue weighted by Gasteiger charge is -2.12. The molecule has 0 aromatic rings. The molecule has 0 unspecified atom stereocenters. The molecule has 0 saturated heterocycles. The highest BCUT2D eigenvalue weighted by Crippen LogP contribution is 2.18. The van der Waals surface area contributed by atoms with Crippen molar-refractivity contribution in [2.75, 3.05) is 59.5 Å². The molecule has 0 aliphatic heterocycles. The number of terminal acetylenes is 1. The number of aliphatic hydroxyl groups excluding tert-OH is 3. The Bertz CT molecular complexity index is 737. The minimum Gasteiger partial charge on any atom is -0.394 e. The topological polar surface area (TPSA) is 88.4 Å². The van der Waals surface area contributed by atoms with Crippen LogP contribution in [0.5, 0.6) is 0 Å². The van der Waals surface area contributed by atoms with Crippen molar-refractivity contribution in [3.05, 3.63) is 71.4 Å². The molecule has 204 valence electrons. The largest absolute Gasteiger partial charge is 0.394 e. The van der Waals surface area contributed by atoms with Gasteiger partial charge in [0.05, 0.1) is 52.9 Å². The molecule has 2 aliphatic carbocycles. The van der Waals surface area contributed by atoms with Crippen molar-refractivity contribution in [2.24, 2.45) is 0 Å².